The number of aromatic nitrogens is 3. The van der Waals surface area contributed by atoms with Crippen molar-refractivity contribution in [2.75, 3.05) is 13.2 Å². The molecule has 0 spiro atoms. The molecule has 0 N–H and O–H groups in total. The van der Waals surface area contributed by atoms with E-state index in [2.05, 4.69) is 10.1 Å². The number of ether oxygens (including phenoxy) is 2. The van der Waals surface area contributed by atoms with Gasteiger partial charge in [-0.25, -0.2) is 14.3 Å². The van der Waals surface area contributed by atoms with Gasteiger partial charge in [-0.15, -0.1) is 5.10 Å². The van der Waals surface area contributed by atoms with Crippen LogP contribution < -0.4 is 4.74 Å². The van der Waals surface area contributed by atoms with E-state index < -0.39 is 5.97 Å². The topological polar surface area (TPSA) is 65.7 Å². The van der Waals surface area contributed by atoms with Crippen LogP contribution in [0.4, 0.5) is 0 Å². The summed E-state index contributed by atoms with van der Waals surface area (Å²) in [5, 5.41) is 5.75. The quantitative estimate of drug-likeness (QED) is 0.336. The van der Waals surface area contributed by atoms with Crippen LogP contribution in [0.3, 0.4) is 0 Å². The zero-order valence-electron chi connectivity index (χ0n) is 16.9. The first-order valence-corrected chi connectivity index (χ1v) is 10.5. The van der Waals surface area contributed by atoms with Crippen LogP contribution in [0.2, 0.25) is 10.0 Å². The van der Waals surface area contributed by atoms with Crippen molar-refractivity contribution in [1.29, 1.82) is 0 Å². The normalized spacial score (nSPS) is 11.0. The van der Waals surface area contributed by atoms with Gasteiger partial charge in [0.2, 0.25) is 5.88 Å². The molecule has 0 atom stereocenters. The third kappa shape index (κ3) is 3.96. The fourth-order valence-electron chi connectivity index (χ4n) is 3.35. The van der Waals surface area contributed by atoms with E-state index in [-0.39, 0.29) is 18.1 Å². The molecule has 0 bridgehead atoms. The smallest absolute Gasteiger partial charge is 0.347 e. The molecule has 0 radical (unpaired) electrons. The Bertz CT molecular complexity index is 1250. The first kappa shape index (κ1) is 21.2. The molecule has 2 aromatic carbocycles. The monoisotopic (exact) mass is 455 g/mol. The van der Waals surface area contributed by atoms with Crippen LogP contribution in [0.1, 0.15) is 24.2 Å². The van der Waals surface area contributed by atoms with Crippen molar-refractivity contribution in [2.45, 2.75) is 13.8 Å². The van der Waals surface area contributed by atoms with E-state index in [1.54, 1.807) is 29.8 Å². The molecule has 2 heterocycles. The van der Waals surface area contributed by atoms with Crippen molar-refractivity contribution in [2.24, 2.45) is 0 Å². The average Bonchev–Trinajstić information content (AvgIpc) is 3.13. The third-order valence-electron chi connectivity index (χ3n) is 4.65. The standard InChI is InChI=1S/C23H19Cl2N3O3/c1-3-30-22-19(23(29)31-4-2)21-26-13-17(16-7-5-6-8-18(16)25)20(28(21)27-22)14-9-11-15(24)12-10-14/h5-13H,3-4H2,1-2H3. The molecule has 2 aromatic heterocycles. The lowest BCUT2D eigenvalue weighted by Gasteiger charge is -2.13. The van der Waals surface area contributed by atoms with E-state index in [4.69, 9.17) is 32.7 Å². The van der Waals surface area contributed by atoms with E-state index >= 15 is 0 Å². The number of esters is 1. The van der Waals surface area contributed by atoms with Crippen molar-refractivity contribution in [3.63, 3.8) is 0 Å². The van der Waals surface area contributed by atoms with Gasteiger partial charge in [0.05, 0.1) is 18.9 Å². The zero-order chi connectivity index (χ0) is 22.0. The van der Waals surface area contributed by atoms with Crippen molar-refractivity contribution in [1.82, 2.24) is 14.6 Å². The number of benzene rings is 2. The number of nitrogens with zero attached hydrogens (tertiary/aromatic N) is 3. The van der Waals surface area contributed by atoms with Crippen LogP contribution >= 0.6 is 23.2 Å². The zero-order valence-corrected chi connectivity index (χ0v) is 18.4. The van der Waals surface area contributed by atoms with Gasteiger partial charge in [0.1, 0.15) is 0 Å². The summed E-state index contributed by atoms with van der Waals surface area (Å²) in [5.74, 6) is -0.374. The maximum absolute atomic E-state index is 12.7. The first-order valence-electron chi connectivity index (χ1n) is 9.77. The summed E-state index contributed by atoms with van der Waals surface area (Å²) in [4.78, 5) is 17.2. The van der Waals surface area contributed by atoms with Crippen molar-refractivity contribution in [3.05, 3.63) is 70.3 Å². The predicted molar refractivity (Wildman–Crippen MR) is 121 cm³/mol. The Labute approximate surface area is 189 Å². The van der Waals surface area contributed by atoms with Crippen LogP contribution in [0.25, 0.3) is 28.0 Å². The number of carbonyl (C=O) groups is 1. The fraction of sp³-hybridized carbons (Fsp3) is 0.174. The number of rotatable bonds is 6. The molecule has 4 aromatic rings. The number of halogens is 2. The molecule has 31 heavy (non-hydrogen) atoms. The molecule has 0 unspecified atom stereocenters. The van der Waals surface area contributed by atoms with E-state index in [1.165, 1.54) is 0 Å². The van der Waals surface area contributed by atoms with Crippen LogP contribution in [-0.2, 0) is 4.74 Å². The summed E-state index contributed by atoms with van der Waals surface area (Å²) in [7, 11) is 0. The largest absolute Gasteiger partial charge is 0.476 e. The molecule has 0 aliphatic rings. The highest BCUT2D eigenvalue weighted by atomic mass is 35.5. The van der Waals surface area contributed by atoms with E-state index in [1.807, 2.05) is 43.3 Å². The second-order valence-electron chi connectivity index (χ2n) is 6.58. The summed E-state index contributed by atoms with van der Waals surface area (Å²) in [6, 6.07) is 14.8. The van der Waals surface area contributed by atoms with Crippen molar-refractivity contribution >= 4 is 34.8 Å². The van der Waals surface area contributed by atoms with Crippen LogP contribution in [0.15, 0.2) is 54.7 Å². The Balaban J connectivity index is 2.08. The van der Waals surface area contributed by atoms with Gasteiger partial charge < -0.3 is 9.47 Å². The number of carbonyl (C=O) groups excluding carboxylic acids is 1. The van der Waals surface area contributed by atoms with Crippen LogP contribution in [0, 0.1) is 0 Å². The van der Waals surface area contributed by atoms with Gasteiger partial charge in [-0.3, -0.25) is 0 Å². The van der Waals surface area contributed by atoms with Crippen molar-refractivity contribution in [3.8, 4) is 28.3 Å². The Morgan fingerprint density at radius 3 is 2.42 bits per heavy atom. The van der Waals surface area contributed by atoms with Gasteiger partial charge in [-0.05, 0) is 32.0 Å². The third-order valence-corrected chi connectivity index (χ3v) is 5.24. The molecular formula is C23H19Cl2N3O3. The fourth-order valence-corrected chi connectivity index (χ4v) is 3.71. The lowest BCUT2D eigenvalue weighted by Crippen LogP contribution is -2.07. The maximum atomic E-state index is 12.7. The highest BCUT2D eigenvalue weighted by Crippen LogP contribution is 2.37. The van der Waals surface area contributed by atoms with Gasteiger partial charge >= 0.3 is 5.97 Å². The van der Waals surface area contributed by atoms with E-state index in [0.717, 1.165) is 16.7 Å². The molecule has 0 saturated heterocycles. The Kier molecular flexibility index (Phi) is 6.11. The maximum Gasteiger partial charge on any atom is 0.347 e. The Hall–Kier alpha value is -3.09. The Morgan fingerprint density at radius 1 is 1.00 bits per heavy atom. The summed E-state index contributed by atoms with van der Waals surface area (Å²) in [6.45, 7) is 4.13. The van der Waals surface area contributed by atoms with Crippen LogP contribution in [-0.4, -0.2) is 33.8 Å². The summed E-state index contributed by atoms with van der Waals surface area (Å²) >= 11 is 12.6. The molecule has 8 heteroatoms. The second kappa shape index (κ2) is 8.96. The van der Waals surface area contributed by atoms with Gasteiger partial charge in [0.15, 0.2) is 11.2 Å². The summed E-state index contributed by atoms with van der Waals surface area (Å²) in [6.07, 6.45) is 1.68. The van der Waals surface area contributed by atoms with E-state index in [0.29, 0.717) is 28.0 Å². The minimum Gasteiger partial charge on any atom is -0.476 e. The second-order valence-corrected chi connectivity index (χ2v) is 7.42. The minimum absolute atomic E-state index is 0.167. The molecular weight excluding hydrogens is 437 g/mol. The lowest BCUT2D eigenvalue weighted by molar-refractivity contribution is 0.0524. The number of hydrogen-bond donors (Lipinski definition) is 0. The van der Waals surface area contributed by atoms with Crippen LogP contribution in [0.5, 0.6) is 5.88 Å². The molecule has 0 aliphatic heterocycles. The van der Waals surface area contributed by atoms with Gasteiger partial charge in [-0.1, -0.05) is 53.5 Å². The molecule has 4 rings (SSSR count). The lowest BCUT2D eigenvalue weighted by atomic mass is 10.0. The first-order chi connectivity index (χ1) is 15.0. The van der Waals surface area contributed by atoms with Gasteiger partial charge in [0, 0.05) is 32.9 Å². The molecule has 0 fully saturated rings. The molecule has 6 nitrogen and oxygen atoms in total. The van der Waals surface area contributed by atoms with Gasteiger partial charge in [0.25, 0.3) is 0 Å². The summed E-state index contributed by atoms with van der Waals surface area (Å²) in [5.41, 5.74) is 3.59. The SMILES string of the molecule is CCOC(=O)c1c(OCC)nn2c(-c3ccc(Cl)cc3)c(-c3ccccc3Cl)cnc12. The highest BCUT2D eigenvalue weighted by molar-refractivity contribution is 6.33. The van der Waals surface area contributed by atoms with Crippen molar-refractivity contribution < 1.29 is 14.3 Å². The number of fused-ring (bicyclic) bond motifs is 1. The highest BCUT2D eigenvalue weighted by Gasteiger charge is 2.27. The average molecular weight is 456 g/mol. The molecule has 0 aliphatic carbocycles. The molecule has 158 valence electrons. The summed E-state index contributed by atoms with van der Waals surface area (Å²) < 4.78 is 12.5. The van der Waals surface area contributed by atoms with Gasteiger partial charge in [-0.2, -0.15) is 0 Å². The van der Waals surface area contributed by atoms with E-state index in [9.17, 15) is 4.79 Å². The molecule has 0 saturated carbocycles. The predicted octanol–water partition coefficient (Wildman–Crippen LogP) is 5.95. The minimum atomic E-state index is -0.541. The molecule has 0 amide bonds. The Morgan fingerprint density at radius 2 is 1.74 bits per heavy atom. The number of hydrogen-bond acceptors (Lipinski definition) is 5.